The lowest BCUT2D eigenvalue weighted by atomic mass is 9.89. The number of halogens is 1. The molecule has 0 unspecified atom stereocenters. The first-order valence-electron chi connectivity index (χ1n) is 11.5. The van der Waals surface area contributed by atoms with Gasteiger partial charge in [-0.25, -0.2) is 4.98 Å². The van der Waals surface area contributed by atoms with Gasteiger partial charge in [-0.3, -0.25) is 9.89 Å². The van der Waals surface area contributed by atoms with Crippen molar-refractivity contribution in [1.82, 2.24) is 20.5 Å². The number of likely N-dealkylation sites (tertiary alicyclic amines) is 1. The number of hydrogen-bond donors (Lipinski definition) is 2. The van der Waals surface area contributed by atoms with Crippen molar-refractivity contribution in [3.05, 3.63) is 36.0 Å². The van der Waals surface area contributed by atoms with E-state index >= 15 is 0 Å². The summed E-state index contributed by atoms with van der Waals surface area (Å²) < 4.78 is 6.14. The van der Waals surface area contributed by atoms with Crippen LogP contribution in [0.3, 0.4) is 0 Å². The molecule has 0 aromatic carbocycles. The number of hydrogen-bond acceptors (Lipinski definition) is 4. The van der Waals surface area contributed by atoms with E-state index in [0.717, 1.165) is 68.6 Å². The molecule has 1 aromatic rings. The molecule has 1 saturated carbocycles. The van der Waals surface area contributed by atoms with Crippen molar-refractivity contribution in [2.75, 3.05) is 26.7 Å². The van der Waals surface area contributed by atoms with Gasteiger partial charge in [0, 0.05) is 51.5 Å². The fourth-order valence-electron chi connectivity index (χ4n) is 4.33. The second-order valence-corrected chi connectivity index (χ2v) is 9.08. The number of rotatable bonds is 7. The van der Waals surface area contributed by atoms with Gasteiger partial charge in [0.25, 0.3) is 0 Å². The molecule has 1 aliphatic carbocycles. The molecule has 0 spiro atoms. The van der Waals surface area contributed by atoms with Gasteiger partial charge in [-0.2, -0.15) is 0 Å². The SMILES string of the molecule is C=C(C)CN1CCC(NC(=NC)NCc2ccnc(OC3CCC(C)CC3)c2)CC1.I. The summed E-state index contributed by atoms with van der Waals surface area (Å²) in [4.78, 5) is 11.3. The Hall–Kier alpha value is -1.35. The zero-order valence-corrected chi connectivity index (χ0v) is 21.7. The third-order valence-electron chi connectivity index (χ3n) is 6.16. The van der Waals surface area contributed by atoms with Crippen molar-refractivity contribution < 1.29 is 4.74 Å². The van der Waals surface area contributed by atoms with Gasteiger partial charge in [0.05, 0.1) is 0 Å². The zero-order chi connectivity index (χ0) is 21.3. The number of aromatic nitrogens is 1. The lowest BCUT2D eigenvalue weighted by Gasteiger charge is -2.33. The van der Waals surface area contributed by atoms with Gasteiger partial charge in [-0.05, 0) is 63.0 Å². The maximum absolute atomic E-state index is 6.14. The van der Waals surface area contributed by atoms with E-state index in [9.17, 15) is 0 Å². The molecule has 2 aliphatic rings. The van der Waals surface area contributed by atoms with Gasteiger partial charge < -0.3 is 15.4 Å². The number of nitrogens with zero attached hydrogens (tertiary/aromatic N) is 3. The molecule has 2 heterocycles. The molecule has 1 saturated heterocycles. The molecular weight excluding hydrogens is 501 g/mol. The maximum atomic E-state index is 6.14. The predicted molar refractivity (Wildman–Crippen MR) is 139 cm³/mol. The minimum absolute atomic E-state index is 0. The summed E-state index contributed by atoms with van der Waals surface area (Å²) in [6, 6.07) is 4.54. The van der Waals surface area contributed by atoms with Crippen molar-refractivity contribution >= 4 is 29.9 Å². The molecular formula is C24H40IN5O. The van der Waals surface area contributed by atoms with Gasteiger partial charge in [0.1, 0.15) is 6.10 Å². The molecule has 0 bridgehead atoms. The van der Waals surface area contributed by atoms with Crippen molar-refractivity contribution in [2.24, 2.45) is 10.9 Å². The van der Waals surface area contributed by atoms with E-state index in [1.165, 1.54) is 18.4 Å². The molecule has 0 atom stereocenters. The van der Waals surface area contributed by atoms with E-state index < -0.39 is 0 Å². The predicted octanol–water partition coefficient (Wildman–Crippen LogP) is 4.36. The molecule has 3 rings (SSSR count). The second kappa shape index (κ2) is 13.3. The Morgan fingerprint density at radius 2 is 1.94 bits per heavy atom. The third kappa shape index (κ3) is 8.96. The highest BCUT2D eigenvalue weighted by atomic mass is 127. The summed E-state index contributed by atoms with van der Waals surface area (Å²) in [6.07, 6.45) is 9.16. The fourth-order valence-corrected chi connectivity index (χ4v) is 4.33. The topological polar surface area (TPSA) is 61.8 Å². The van der Waals surface area contributed by atoms with E-state index in [1.807, 2.05) is 19.3 Å². The molecule has 174 valence electrons. The molecule has 2 N–H and O–H groups in total. The van der Waals surface area contributed by atoms with Gasteiger partial charge in [-0.1, -0.05) is 19.1 Å². The Bertz CT molecular complexity index is 710. The molecule has 2 fully saturated rings. The van der Waals surface area contributed by atoms with Gasteiger partial charge >= 0.3 is 0 Å². The van der Waals surface area contributed by atoms with Crippen LogP contribution in [-0.4, -0.2) is 54.7 Å². The van der Waals surface area contributed by atoms with Crippen molar-refractivity contribution in [1.29, 1.82) is 0 Å². The molecule has 0 amide bonds. The highest BCUT2D eigenvalue weighted by Gasteiger charge is 2.21. The Balaban J connectivity index is 0.00000341. The second-order valence-electron chi connectivity index (χ2n) is 9.08. The third-order valence-corrected chi connectivity index (χ3v) is 6.16. The van der Waals surface area contributed by atoms with Crippen LogP contribution in [0.5, 0.6) is 5.88 Å². The minimum Gasteiger partial charge on any atom is -0.474 e. The standard InChI is InChI=1S/C24H39N5O.HI/c1-18(2)17-29-13-10-21(11-14-29)28-24(25-4)27-16-20-9-12-26-23(15-20)30-22-7-5-19(3)6-8-22;/h9,12,15,19,21-22H,1,5-8,10-11,13-14,16-17H2,2-4H3,(H2,25,27,28);1H. The first kappa shape index (κ1) is 25.9. The van der Waals surface area contributed by atoms with Crippen molar-refractivity contribution in [2.45, 2.75) is 71.1 Å². The summed E-state index contributed by atoms with van der Waals surface area (Å²) in [7, 11) is 1.83. The van der Waals surface area contributed by atoms with Gasteiger partial charge in [-0.15, -0.1) is 24.0 Å². The smallest absolute Gasteiger partial charge is 0.213 e. The maximum Gasteiger partial charge on any atom is 0.213 e. The van der Waals surface area contributed by atoms with E-state index in [4.69, 9.17) is 4.74 Å². The number of pyridine rings is 1. The number of ether oxygens (including phenoxy) is 1. The zero-order valence-electron chi connectivity index (χ0n) is 19.4. The molecule has 1 aromatic heterocycles. The molecule has 6 nitrogen and oxygen atoms in total. The van der Waals surface area contributed by atoms with Gasteiger partial charge in [0.2, 0.25) is 5.88 Å². The van der Waals surface area contributed by atoms with Crippen molar-refractivity contribution in [3.8, 4) is 5.88 Å². The van der Waals surface area contributed by atoms with Crippen LogP contribution < -0.4 is 15.4 Å². The van der Waals surface area contributed by atoms with Gasteiger partial charge in [0.15, 0.2) is 5.96 Å². The van der Waals surface area contributed by atoms with E-state index in [0.29, 0.717) is 18.7 Å². The Morgan fingerprint density at radius 3 is 2.58 bits per heavy atom. The van der Waals surface area contributed by atoms with E-state index in [-0.39, 0.29) is 24.0 Å². The van der Waals surface area contributed by atoms with Crippen molar-refractivity contribution in [3.63, 3.8) is 0 Å². The number of nitrogens with one attached hydrogen (secondary N) is 2. The Morgan fingerprint density at radius 1 is 1.23 bits per heavy atom. The lowest BCUT2D eigenvalue weighted by molar-refractivity contribution is 0.130. The lowest BCUT2D eigenvalue weighted by Crippen LogP contribution is -2.48. The Labute approximate surface area is 205 Å². The van der Waals surface area contributed by atoms with Crippen LogP contribution in [0, 0.1) is 5.92 Å². The largest absolute Gasteiger partial charge is 0.474 e. The monoisotopic (exact) mass is 541 g/mol. The average Bonchev–Trinajstić information content (AvgIpc) is 2.74. The molecule has 31 heavy (non-hydrogen) atoms. The highest BCUT2D eigenvalue weighted by molar-refractivity contribution is 14.0. The normalized spacial score (nSPS) is 23.0. The molecule has 0 radical (unpaired) electrons. The summed E-state index contributed by atoms with van der Waals surface area (Å²) in [6.45, 7) is 12.4. The summed E-state index contributed by atoms with van der Waals surface area (Å²) >= 11 is 0. The quantitative estimate of drug-likeness (QED) is 0.233. The average molecular weight is 542 g/mol. The minimum atomic E-state index is 0. The summed E-state index contributed by atoms with van der Waals surface area (Å²) in [5.74, 6) is 2.42. The summed E-state index contributed by atoms with van der Waals surface area (Å²) in [5, 5.41) is 7.02. The first-order chi connectivity index (χ1) is 14.5. The number of aliphatic imine (C=N–C) groups is 1. The van der Waals surface area contributed by atoms with E-state index in [2.05, 4.69) is 52.0 Å². The van der Waals surface area contributed by atoms with Crippen LogP contribution in [0.2, 0.25) is 0 Å². The number of piperidine rings is 1. The summed E-state index contributed by atoms with van der Waals surface area (Å²) in [5.41, 5.74) is 2.39. The Kier molecular flexibility index (Phi) is 11.1. The molecule has 7 heteroatoms. The molecule has 1 aliphatic heterocycles. The van der Waals surface area contributed by atoms with Crippen LogP contribution >= 0.6 is 24.0 Å². The van der Waals surface area contributed by atoms with E-state index in [1.54, 1.807) is 0 Å². The highest BCUT2D eigenvalue weighted by Crippen LogP contribution is 2.26. The first-order valence-corrected chi connectivity index (χ1v) is 11.5. The van der Waals surface area contributed by atoms with Crippen LogP contribution in [0.4, 0.5) is 0 Å². The van der Waals surface area contributed by atoms with Crippen LogP contribution in [0.25, 0.3) is 0 Å². The van der Waals surface area contributed by atoms with Crippen LogP contribution in [0.15, 0.2) is 35.5 Å². The fraction of sp³-hybridized carbons (Fsp3) is 0.667. The van der Waals surface area contributed by atoms with Crippen LogP contribution in [-0.2, 0) is 6.54 Å². The van der Waals surface area contributed by atoms with Crippen LogP contribution in [0.1, 0.15) is 57.9 Å². The number of guanidine groups is 1.